The zero-order valence-corrected chi connectivity index (χ0v) is 27.1. The van der Waals surface area contributed by atoms with E-state index < -0.39 is 11.9 Å². The fourth-order valence-electron chi connectivity index (χ4n) is 3.61. The van der Waals surface area contributed by atoms with Gasteiger partial charge in [-0.1, -0.05) is 9.97 Å². The predicted molar refractivity (Wildman–Crippen MR) is 134 cm³/mol. The summed E-state index contributed by atoms with van der Waals surface area (Å²) >= 11 is 0. The second kappa shape index (κ2) is 14.3. The number of benzene rings is 1. The van der Waals surface area contributed by atoms with Crippen molar-refractivity contribution < 1.29 is 88.1 Å². The Kier molecular flexibility index (Phi) is 11.1. The molecule has 0 aliphatic rings. The molecule has 2 N–H and O–H groups in total. The first kappa shape index (κ1) is 32.6. The molecule has 42 heavy (non-hydrogen) atoms. The van der Waals surface area contributed by atoms with Crippen LogP contribution in [0.1, 0.15) is 32.4 Å². The third-order valence-corrected chi connectivity index (χ3v) is 5.40. The van der Waals surface area contributed by atoms with E-state index in [0.717, 1.165) is 0 Å². The number of carboxylic acid groups (broad SMARTS) is 2. The first-order chi connectivity index (χ1) is 19.2. The second-order valence-corrected chi connectivity index (χ2v) is 8.41. The number of carboxylic acids is 2. The molecule has 5 aromatic rings. The summed E-state index contributed by atoms with van der Waals surface area (Å²) in [4.78, 5) is 48.4. The van der Waals surface area contributed by atoms with Gasteiger partial charge in [-0.05, 0) is 58.5 Å². The number of hydrogen-bond acceptors (Lipinski definition) is 12. The number of carbonyl (C=O) groups excluding carboxylic acids is 2. The molecule has 4 heterocycles. The van der Waals surface area contributed by atoms with Crippen LogP contribution in [-0.2, 0) is 0 Å². The van der Waals surface area contributed by atoms with Crippen molar-refractivity contribution in [1.29, 1.82) is 0 Å². The van der Waals surface area contributed by atoms with Crippen molar-refractivity contribution in [3.63, 3.8) is 0 Å². The number of aromatic carboxylic acids is 2. The van der Waals surface area contributed by atoms with Gasteiger partial charge in [0.2, 0.25) is 11.6 Å². The molecule has 0 atom stereocenters. The van der Waals surface area contributed by atoms with E-state index in [0.29, 0.717) is 23.0 Å². The van der Waals surface area contributed by atoms with Crippen molar-refractivity contribution in [1.82, 2.24) is 29.9 Å². The maximum Gasteiger partial charge on any atom is 1.00 e. The molecule has 0 bridgehead atoms. The number of carbonyl (C=O) groups is 2. The van der Waals surface area contributed by atoms with Crippen molar-refractivity contribution in [2.45, 2.75) is 13.8 Å². The van der Waals surface area contributed by atoms with Gasteiger partial charge >= 0.3 is 82.9 Å². The Morgan fingerprint density at radius 2 is 1.00 bits per heavy atom. The van der Waals surface area contributed by atoms with Gasteiger partial charge in [-0.25, -0.2) is 9.13 Å². The number of pyridine rings is 2. The average Bonchev–Trinajstić information content (AvgIpc) is 2.93. The molecule has 0 fully saturated rings. The summed E-state index contributed by atoms with van der Waals surface area (Å²) in [6.07, 6.45) is 5.97. The van der Waals surface area contributed by atoms with Crippen LogP contribution in [0.25, 0.3) is 11.9 Å². The van der Waals surface area contributed by atoms with E-state index in [1.165, 1.54) is 33.7 Å². The predicted octanol–water partition coefficient (Wildman–Crippen LogP) is -6.55. The van der Waals surface area contributed by atoms with Crippen molar-refractivity contribution in [2.24, 2.45) is 0 Å². The van der Waals surface area contributed by atoms with E-state index in [4.69, 9.17) is 0 Å². The number of nitrogens with one attached hydrogen (secondary N) is 2. The molecule has 14 nitrogen and oxygen atoms in total. The standard InChI is InChI=1S/C26H20N10O4.2Na/c1-15-27-23(33-25(29-15)35-11-3-5-17(13-35)21(37)38)31-19-7-9-20(10-8-19)32-24-28-16(2)30-26(34-24)36-12-4-6-18(14-36)22(39)40;;/h3-14H,1-2H3,(H2-2,27,28,29,30,31,32,33,34,37,38,39,40);;/q;2*+1. The van der Waals surface area contributed by atoms with Gasteiger partial charge in [-0.2, -0.15) is 9.97 Å². The second-order valence-electron chi connectivity index (χ2n) is 8.41. The molecule has 0 aliphatic heterocycles. The van der Waals surface area contributed by atoms with Crippen molar-refractivity contribution in [3.05, 3.63) is 96.1 Å². The first-order valence-corrected chi connectivity index (χ1v) is 11.8. The number of nitrogens with zero attached hydrogens (tertiary/aromatic N) is 8. The third-order valence-electron chi connectivity index (χ3n) is 5.40. The minimum Gasteiger partial charge on any atom is -0.545 e. The Labute approximate surface area is 283 Å². The average molecular weight is 582 g/mol. The molecule has 0 radical (unpaired) electrons. The van der Waals surface area contributed by atoms with E-state index in [1.807, 2.05) is 0 Å². The van der Waals surface area contributed by atoms with Crippen LogP contribution >= 0.6 is 0 Å². The number of hydrogen-bond donors (Lipinski definition) is 2. The Hall–Kier alpha value is -3.92. The van der Waals surface area contributed by atoms with E-state index in [1.54, 1.807) is 62.6 Å². The molecule has 0 amide bonds. The number of rotatable bonds is 8. The Bertz CT molecular complexity index is 1630. The topological polar surface area (TPSA) is 189 Å². The summed E-state index contributed by atoms with van der Waals surface area (Å²) in [6.45, 7) is 3.40. The van der Waals surface area contributed by atoms with Crippen LogP contribution in [-0.4, -0.2) is 41.8 Å². The molecule has 0 saturated carbocycles. The third kappa shape index (κ3) is 8.09. The van der Waals surface area contributed by atoms with Crippen LogP contribution in [0.2, 0.25) is 0 Å². The van der Waals surface area contributed by atoms with E-state index in [9.17, 15) is 19.8 Å². The quantitative estimate of drug-likeness (QED) is 0.130. The largest absolute Gasteiger partial charge is 1.00 e. The van der Waals surface area contributed by atoms with Crippen LogP contribution in [0.4, 0.5) is 23.3 Å². The van der Waals surface area contributed by atoms with Crippen LogP contribution in [0.3, 0.4) is 0 Å². The summed E-state index contributed by atoms with van der Waals surface area (Å²) in [6, 6.07) is 13.1. The molecule has 0 saturated heterocycles. The van der Waals surface area contributed by atoms with E-state index >= 15 is 0 Å². The fraction of sp³-hybridized carbons (Fsp3) is 0.0769. The van der Waals surface area contributed by atoms with Gasteiger partial charge in [-0.15, -0.1) is 0 Å². The van der Waals surface area contributed by atoms with Gasteiger partial charge in [0.15, 0.2) is 0 Å². The summed E-state index contributed by atoms with van der Waals surface area (Å²) in [5.74, 6) is -0.742. The monoisotopic (exact) mass is 582 g/mol. The molecule has 5 rings (SSSR count). The summed E-state index contributed by atoms with van der Waals surface area (Å²) in [5.41, 5.74) is 1.34. The Morgan fingerprint density at radius 1 is 0.619 bits per heavy atom. The minimum absolute atomic E-state index is 0. The summed E-state index contributed by atoms with van der Waals surface area (Å²) < 4.78 is 2.94. The zero-order valence-electron chi connectivity index (χ0n) is 23.1. The van der Waals surface area contributed by atoms with Gasteiger partial charge in [0.25, 0.3) is 0 Å². The minimum atomic E-state index is -1.31. The van der Waals surface area contributed by atoms with E-state index in [-0.39, 0.29) is 94.0 Å². The van der Waals surface area contributed by atoms with E-state index in [2.05, 4.69) is 40.5 Å². The smallest absolute Gasteiger partial charge is 0.545 e. The maximum atomic E-state index is 11.2. The molecule has 0 aliphatic carbocycles. The normalized spacial score (nSPS) is 10.1. The summed E-state index contributed by atoms with van der Waals surface area (Å²) in [5, 5.41) is 28.6. The molecule has 1 aromatic carbocycles. The van der Waals surface area contributed by atoms with Crippen LogP contribution in [0, 0.1) is 13.8 Å². The van der Waals surface area contributed by atoms with Gasteiger partial charge in [-0.3, -0.25) is 0 Å². The molecular formula is C26H20N10Na2O4+2. The van der Waals surface area contributed by atoms with Crippen LogP contribution in [0.15, 0.2) is 73.3 Å². The Balaban J connectivity index is 0.00000242. The van der Waals surface area contributed by atoms with Crippen molar-refractivity contribution in [2.75, 3.05) is 10.6 Å². The molecule has 198 valence electrons. The summed E-state index contributed by atoms with van der Waals surface area (Å²) in [7, 11) is 0. The van der Waals surface area contributed by atoms with Gasteiger partial charge in [0.1, 0.15) is 0 Å². The van der Waals surface area contributed by atoms with Crippen molar-refractivity contribution in [3.8, 4) is 11.9 Å². The zero-order chi connectivity index (χ0) is 28.2. The maximum absolute atomic E-state index is 11.2. The molecule has 0 unspecified atom stereocenters. The molecule has 16 heteroatoms. The number of aromatic nitrogens is 8. The molecular weight excluding hydrogens is 562 g/mol. The van der Waals surface area contributed by atoms with Crippen molar-refractivity contribution >= 4 is 35.2 Å². The SMILES string of the molecule is Cc1nc(Nc2ccc(Nc3nc(C)nc(-[n+]4cccc(C(=O)[O-])c4)n3)cc2)nc(-[n+]2cccc(C(=O)[O-])c2)n1.[Na+].[Na+]. The fourth-order valence-corrected chi connectivity index (χ4v) is 3.61. The number of aryl methyl sites for hydroxylation is 2. The van der Waals surface area contributed by atoms with Crippen LogP contribution < -0.4 is 89.1 Å². The van der Waals surface area contributed by atoms with Gasteiger partial charge in [0, 0.05) is 36.3 Å². The molecule has 4 aromatic heterocycles. The van der Waals surface area contributed by atoms with Gasteiger partial charge < -0.3 is 30.4 Å². The molecule has 0 spiro atoms. The Morgan fingerprint density at radius 3 is 1.36 bits per heavy atom. The van der Waals surface area contributed by atoms with Gasteiger partial charge in [0.05, 0.1) is 36.7 Å². The van der Waals surface area contributed by atoms with Crippen LogP contribution in [0.5, 0.6) is 0 Å². The number of anilines is 4. The first-order valence-electron chi connectivity index (χ1n) is 11.8.